The fourth-order valence-electron chi connectivity index (χ4n) is 5.44. The number of hydrogen-bond acceptors (Lipinski definition) is 10. The lowest BCUT2D eigenvalue weighted by Crippen LogP contribution is -2.57. The second-order valence-electron chi connectivity index (χ2n) is 10.7. The van der Waals surface area contributed by atoms with Crippen LogP contribution in [0.5, 0.6) is 0 Å². The van der Waals surface area contributed by atoms with Crippen molar-refractivity contribution >= 4 is 46.2 Å². The van der Waals surface area contributed by atoms with Crippen LogP contribution in [0.2, 0.25) is 10.0 Å². The summed E-state index contributed by atoms with van der Waals surface area (Å²) in [6.07, 6.45) is 0.409. The number of aliphatic hydroxyl groups is 1. The van der Waals surface area contributed by atoms with E-state index in [2.05, 4.69) is 75.3 Å². The fourth-order valence-corrected chi connectivity index (χ4v) is 6.00. The van der Waals surface area contributed by atoms with Gasteiger partial charge in [0.05, 0.1) is 27.6 Å². The zero-order valence-corrected chi connectivity index (χ0v) is 26.7. The maximum absolute atomic E-state index is 10.8. The maximum atomic E-state index is 10.8. The molecule has 0 spiro atoms. The molecule has 2 aromatic carbocycles. The summed E-state index contributed by atoms with van der Waals surface area (Å²) < 4.78 is 2.92. The Morgan fingerprint density at radius 3 is 2.34 bits per heavy atom. The molecule has 44 heavy (non-hydrogen) atoms. The molecule has 6 N–H and O–H groups in total. The number of hydrogen-bond donors (Lipinski definition) is 5. The zero-order chi connectivity index (χ0) is 31.7. The lowest BCUT2D eigenvalue weighted by atomic mass is 9.99. The summed E-state index contributed by atoms with van der Waals surface area (Å²) in [6.45, 7) is 9.81. The van der Waals surface area contributed by atoms with Gasteiger partial charge in [0, 0.05) is 12.1 Å². The third-order valence-corrected chi connectivity index (χ3v) is 8.18. The number of nitrogen functional groups attached to an aromatic ring is 1. The number of nitrogens with one attached hydrogen (secondary N) is 3. The van der Waals surface area contributed by atoms with Gasteiger partial charge < -0.3 is 16.2 Å². The van der Waals surface area contributed by atoms with E-state index in [-0.39, 0.29) is 23.4 Å². The van der Waals surface area contributed by atoms with Crippen molar-refractivity contribution in [3.63, 3.8) is 0 Å². The fraction of sp³-hybridized carbons (Fsp3) is 0.367. The van der Waals surface area contributed by atoms with Crippen molar-refractivity contribution < 1.29 is 5.11 Å². The third-order valence-electron chi connectivity index (χ3n) is 7.57. The van der Waals surface area contributed by atoms with Crippen LogP contribution >= 0.6 is 23.2 Å². The van der Waals surface area contributed by atoms with Crippen molar-refractivity contribution in [2.24, 2.45) is 10.2 Å². The molecule has 230 valence electrons. The van der Waals surface area contributed by atoms with Crippen LogP contribution in [0.1, 0.15) is 60.2 Å². The van der Waals surface area contributed by atoms with Crippen molar-refractivity contribution in [2.45, 2.75) is 72.6 Å². The van der Waals surface area contributed by atoms with E-state index in [4.69, 9.17) is 28.9 Å². The smallest absolute Gasteiger partial charge is 0.196 e. The lowest BCUT2D eigenvalue weighted by Gasteiger charge is -2.37. The Morgan fingerprint density at radius 1 is 1.07 bits per heavy atom. The normalized spacial score (nSPS) is 18.6. The molecule has 4 aromatic rings. The van der Waals surface area contributed by atoms with E-state index in [9.17, 15) is 10.4 Å². The highest BCUT2D eigenvalue weighted by molar-refractivity contribution is 6.37. The largest absolute Gasteiger partial charge is 0.382 e. The molecule has 1 fully saturated rings. The predicted molar refractivity (Wildman–Crippen MR) is 172 cm³/mol. The van der Waals surface area contributed by atoms with Crippen LogP contribution in [0.4, 0.5) is 23.0 Å². The number of rotatable bonds is 8. The topological polar surface area (TPSA) is 166 Å². The second kappa shape index (κ2) is 12.9. The quantitative estimate of drug-likeness (QED) is 0.145. The summed E-state index contributed by atoms with van der Waals surface area (Å²) in [7, 11) is 0. The Labute approximate surface area is 265 Å². The van der Waals surface area contributed by atoms with E-state index in [0.29, 0.717) is 39.2 Å². The Kier molecular flexibility index (Phi) is 9.24. The van der Waals surface area contributed by atoms with Crippen molar-refractivity contribution in [1.82, 2.24) is 30.2 Å². The first-order valence-electron chi connectivity index (χ1n) is 14.4. The molecule has 0 bridgehead atoms. The van der Waals surface area contributed by atoms with E-state index in [1.807, 2.05) is 0 Å². The average Bonchev–Trinajstić information content (AvgIpc) is 3.45. The van der Waals surface area contributed by atoms with Gasteiger partial charge in [0.1, 0.15) is 23.5 Å². The number of para-hydroxylation sites is 1. The monoisotopic (exact) mass is 635 g/mol. The van der Waals surface area contributed by atoms with Gasteiger partial charge in [-0.1, -0.05) is 60.8 Å². The molecule has 3 unspecified atom stereocenters. The van der Waals surface area contributed by atoms with Gasteiger partial charge in [0.25, 0.3) is 0 Å². The van der Waals surface area contributed by atoms with Crippen molar-refractivity contribution in [1.29, 1.82) is 5.26 Å². The number of aromatic nitrogens is 4. The molecule has 1 aliphatic rings. The van der Waals surface area contributed by atoms with Gasteiger partial charge in [-0.15, -0.1) is 10.2 Å². The first kappa shape index (κ1) is 31.4. The molecule has 5 rings (SSSR count). The summed E-state index contributed by atoms with van der Waals surface area (Å²) >= 11 is 12.9. The van der Waals surface area contributed by atoms with Crippen LogP contribution in [0.15, 0.2) is 40.6 Å². The Morgan fingerprint density at radius 2 is 1.73 bits per heavy atom. The molecule has 0 radical (unpaired) electrons. The number of aryl methyl sites for hydroxylation is 5. The van der Waals surface area contributed by atoms with Gasteiger partial charge in [-0.05, 0) is 56.9 Å². The molecule has 2 aromatic heterocycles. The number of halogens is 2. The maximum Gasteiger partial charge on any atom is 0.196 e. The molecular formula is C30H35Cl2N11O. The van der Waals surface area contributed by atoms with E-state index in [1.54, 1.807) is 32.0 Å². The minimum absolute atomic E-state index is 0.150. The average molecular weight is 637 g/mol. The van der Waals surface area contributed by atoms with Gasteiger partial charge in [0.2, 0.25) is 0 Å². The minimum Gasteiger partial charge on any atom is -0.382 e. The molecule has 0 saturated carbocycles. The SMILES string of the molecule is CCc1cc(C)cc(CC)c1NC1CC(O)NC(n2nc(C)c(N=Nc3c(C#N)c(C)nn3-c3c(Cl)cccc3Cl)c2N)N1. The predicted octanol–water partition coefficient (Wildman–Crippen LogP) is 6.09. The molecule has 14 heteroatoms. The van der Waals surface area contributed by atoms with Crippen LogP contribution in [0.3, 0.4) is 0 Å². The van der Waals surface area contributed by atoms with Gasteiger partial charge in [-0.25, -0.2) is 9.36 Å². The lowest BCUT2D eigenvalue weighted by molar-refractivity contribution is 0.0406. The van der Waals surface area contributed by atoms with Gasteiger partial charge in [-0.2, -0.15) is 15.5 Å². The first-order valence-corrected chi connectivity index (χ1v) is 15.1. The number of benzene rings is 2. The zero-order valence-electron chi connectivity index (χ0n) is 25.2. The van der Waals surface area contributed by atoms with Crippen molar-refractivity contribution in [2.75, 3.05) is 11.1 Å². The van der Waals surface area contributed by atoms with Crippen LogP contribution < -0.4 is 21.7 Å². The van der Waals surface area contributed by atoms with E-state index in [0.717, 1.165) is 18.5 Å². The second-order valence-corrected chi connectivity index (χ2v) is 11.5. The molecule has 1 saturated heterocycles. The summed E-state index contributed by atoms with van der Waals surface area (Å²) in [5.74, 6) is 0.358. The van der Waals surface area contributed by atoms with Crippen LogP contribution in [0.25, 0.3) is 5.69 Å². The van der Waals surface area contributed by atoms with Crippen molar-refractivity contribution in [3.05, 3.63) is 74.0 Å². The summed E-state index contributed by atoms with van der Waals surface area (Å²) in [5, 5.41) is 49.3. The number of nitrogens with two attached hydrogens (primary N) is 1. The summed E-state index contributed by atoms with van der Waals surface area (Å²) in [6, 6.07) is 11.6. The standard InChI is InChI=1S/C30H35Cl2N11O/c1-6-18-11-15(3)12-19(7-2)26(18)35-23-13-24(44)37-30(36-23)43-28(34)25(17(5)41-43)38-39-29-20(14-33)16(4)40-42(29)27-21(31)9-8-10-22(27)32/h8-12,23-24,30,35-37,44H,6-7,13,34H2,1-5H3. The van der Waals surface area contributed by atoms with Crippen LogP contribution in [-0.2, 0) is 12.8 Å². The van der Waals surface area contributed by atoms with Gasteiger partial charge >= 0.3 is 0 Å². The minimum atomic E-state index is -0.829. The molecule has 1 aliphatic heterocycles. The number of aliphatic hydroxyl groups excluding tert-OH is 1. The van der Waals surface area contributed by atoms with Crippen LogP contribution in [0, 0.1) is 32.1 Å². The molecule has 3 atom stereocenters. The number of anilines is 2. The summed E-state index contributed by atoms with van der Waals surface area (Å²) in [5.41, 5.74) is 13.1. The third kappa shape index (κ3) is 6.02. The number of azo groups is 1. The highest BCUT2D eigenvalue weighted by Gasteiger charge is 2.31. The Balaban J connectivity index is 1.46. The van der Waals surface area contributed by atoms with E-state index in [1.165, 1.54) is 26.1 Å². The summed E-state index contributed by atoms with van der Waals surface area (Å²) in [4.78, 5) is 0. The molecule has 0 amide bonds. The number of nitrogens with zero attached hydrogens (tertiary/aromatic N) is 7. The van der Waals surface area contributed by atoms with Crippen molar-refractivity contribution in [3.8, 4) is 11.8 Å². The van der Waals surface area contributed by atoms with Gasteiger partial charge in [0.15, 0.2) is 23.6 Å². The highest BCUT2D eigenvalue weighted by Crippen LogP contribution is 2.36. The number of nitriles is 1. The molecule has 0 aliphatic carbocycles. The molecule has 3 heterocycles. The Bertz CT molecular complexity index is 1730. The van der Waals surface area contributed by atoms with E-state index < -0.39 is 12.5 Å². The first-order chi connectivity index (χ1) is 21.1. The Hall–Kier alpha value is -3.99. The molecule has 12 nitrogen and oxygen atoms in total. The van der Waals surface area contributed by atoms with Crippen LogP contribution in [-0.4, -0.2) is 37.1 Å². The highest BCUT2D eigenvalue weighted by atomic mass is 35.5. The van der Waals surface area contributed by atoms with Gasteiger partial charge in [-0.3, -0.25) is 10.6 Å². The van der Waals surface area contributed by atoms with E-state index >= 15 is 0 Å². The molecular weight excluding hydrogens is 601 g/mol.